The molecule has 2 aromatic rings. The zero-order chi connectivity index (χ0) is 15.5. The van der Waals surface area contributed by atoms with Crippen molar-refractivity contribution < 1.29 is 4.79 Å². The highest BCUT2D eigenvalue weighted by Crippen LogP contribution is 2.30. The number of hydrogen-bond acceptors (Lipinski definition) is 2. The highest BCUT2D eigenvalue weighted by Gasteiger charge is 2.29. The number of rotatable bonds is 5. The van der Waals surface area contributed by atoms with Crippen molar-refractivity contribution in [1.82, 2.24) is 0 Å². The van der Waals surface area contributed by atoms with Crippen LogP contribution in [-0.2, 0) is 4.79 Å². The van der Waals surface area contributed by atoms with E-state index in [1.165, 1.54) is 5.56 Å². The molecule has 114 valence electrons. The molecule has 1 aliphatic carbocycles. The van der Waals surface area contributed by atoms with Crippen molar-refractivity contribution in [2.24, 2.45) is 5.92 Å². The van der Waals surface area contributed by atoms with Gasteiger partial charge in [-0.1, -0.05) is 26.0 Å². The van der Waals surface area contributed by atoms with Crippen LogP contribution in [0, 0.1) is 5.92 Å². The molecule has 2 N–H and O–H groups in total. The molecule has 0 heterocycles. The summed E-state index contributed by atoms with van der Waals surface area (Å²) in [5.41, 5.74) is 4.28. The van der Waals surface area contributed by atoms with Gasteiger partial charge in [-0.25, -0.2) is 0 Å². The Morgan fingerprint density at radius 3 is 1.91 bits per heavy atom. The molecule has 0 aromatic heterocycles. The monoisotopic (exact) mass is 294 g/mol. The maximum atomic E-state index is 11.7. The van der Waals surface area contributed by atoms with Gasteiger partial charge in [-0.3, -0.25) is 4.79 Å². The Bertz CT molecular complexity index is 640. The molecule has 0 spiro atoms. The van der Waals surface area contributed by atoms with Crippen molar-refractivity contribution in [1.29, 1.82) is 0 Å². The molecule has 0 radical (unpaired) electrons. The van der Waals surface area contributed by atoms with Gasteiger partial charge in [0.2, 0.25) is 5.91 Å². The fourth-order valence-corrected chi connectivity index (χ4v) is 2.34. The van der Waals surface area contributed by atoms with Crippen LogP contribution in [0.15, 0.2) is 48.5 Å². The quantitative estimate of drug-likeness (QED) is 0.823. The van der Waals surface area contributed by atoms with E-state index in [9.17, 15) is 4.79 Å². The van der Waals surface area contributed by atoms with E-state index in [0.29, 0.717) is 5.92 Å². The first-order valence-electron chi connectivity index (χ1n) is 7.90. The minimum Gasteiger partial charge on any atom is -0.356 e. The maximum absolute atomic E-state index is 11.7. The molecule has 1 saturated carbocycles. The number of anilines is 3. The summed E-state index contributed by atoms with van der Waals surface area (Å²) >= 11 is 0. The molecule has 0 unspecified atom stereocenters. The first-order chi connectivity index (χ1) is 10.6. The van der Waals surface area contributed by atoms with Crippen LogP contribution in [0.3, 0.4) is 0 Å². The van der Waals surface area contributed by atoms with E-state index in [0.717, 1.165) is 29.9 Å². The average Bonchev–Trinajstić information content (AvgIpc) is 3.34. The Balaban J connectivity index is 1.61. The van der Waals surface area contributed by atoms with Gasteiger partial charge in [0.1, 0.15) is 0 Å². The lowest BCUT2D eigenvalue weighted by Crippen LogP contribution is -2.13. The number of amides is 1. The standard InChI is InChI=1S/C19H22N2O/c1-13(2)14-5-7-16(8-6-14)20-17-9-11-18(12-10-17)21-19(22)15-3-4-15/h5-13,15,20H,3-4H2,1-2H3,(H,21,22). The predicted octanol–water partition coefficient (Wildman–Crippen LogP) is 4.90. The van der Waals surface area contributed by atoms with Crippen molar-refractivity contribution in [2.45, 2.75) is 32.6 Å². The van der Waals surface area contributed by atoms with Crippen molar-refractivity contribution in [3.8, 4) is 0 Å². The van der Waals surface area contributed by atoms with E-state index in [2.05, 4.69) is 48.7 Å². The van der Waals surface area contributed by atoms with Gasteiger partial charge in [0.25, 0.3) is 0 Å². The van der Waals surface area contributed by atoms with Crippen LogP contribution in [0.25, 0.3) is 0 Å². The van der Waals surface area contributed by atoms with E-state index in [1.807, 2.05) is 24.3 Å². The van der Waals surface area contributed by atoms with Crippen molar-refractivity contribution in [3.05, 3.63) is 54.1 Å². The molecule has 3 nitrogen and oxygen atoms in total. The topological polar surface area (TPSA) is 41.1 Å². The van der Waals surface area contributed by atoms with Gasteiger partial charge in [-0.2, -0.15) is 0 Å². The summed E-state index contributed by atoms with van der Waals surface area (Å²) in [6.07, 6.45) is 2.05. The second-order valence-electron chi connectivity index (χ2n) is 6.24. The molecule has 1 amide bonds. The summed E-state index contributed by atoms with van der Waals surface area (Å²) in [4.78, 5) is 11.7. The Kier molecular flexibility index (Phi) is 4.14. The van der Waals surface area contributed by atoms with Crippen LogP contribution in [-0.4, -0.2) is 5.91 Å². The third-order valence-electron chi connectivity index (χ3n) is 3.97. The van der Waals surface area contributed by atoms with Gasteiger partial charge in [0.15, 0.2) is 0 Å². The Morgan fingerprint density at radius 2 is 1.41 bits per heavy atom. The Hall–Kier alpha value is -2.29. The fourth-order valence-electron chi connectivity index (χ4n) is 2.34. The lowest BCUT2D eigenvalue weighted by molar-refractivity contribution is -0.117. The maximum Gasteiger partial charge on any atom is 0.227 e. The smallest absolute Gasteiger partial charge is 0.227 e. The molecule has 1 fully saturated rings. The number of carbonyl (C=O) groups excluding carboxylic acids is 1. The van der Waals surface area contributed by atoms with Gasteiger partial charge in [-0.05, 0) is 60.7 Å². The van der Waals surface area contributed by atoms with E-state index < -0.39 is 0 Å². The van der Waals surface area contributed by atoms with Gasteiger partial charge >= 0.3 is 0 Å². The minimum atomic E-state index is 0.144. The third-order valence-corrected chi connectivity index (χ3v) is 3.97. The van der Waals surface area contributed by atoms with E-state index in [4.69, 9.17) is 0 Å². The van der Waals surface area contributed by atoms with Crippen LogP contribution < -0.4 is 10.6 Å². The van der Waals surface area contributed by atoms with Gasteiger partial charge in [0, 0.05) is 23.0 Å². The summed E-state index contributed by atoms with van der Waals surface area (Å²) in [5.74, 6) is 0.922. The normalized spacial score (nSPS) is 14.0. The average molecular weight is 294 g/mol. The van der Waals surface area contributed by atoms with Crippen LogP contribution in [0.1, 0.15) is 38.2 Å². The van der Waals surface area contributed by atoms with Crippen LogP contribution in [0.5, 0.6) is 0 Å². The molecular formula is C19H22N2O. The zero-order valence-electron chi connectivity index (χ0n) is 13.1. The Labute approximate surface area is 131 Å². The van der Waals surface area contributed by atoms with Crippen LogP contribution in [0.2, 0.25) is 0 Å². The number of hydrogen-bond donors (Lipinski definition) is 2. The second kappa shape index (κ2) is 6.22. The Morgan fingerprint density at radius 1 is 0.909 bits per heavy atom. The number of nitrogens with one attached hydrogen (secondary N) is 2. The van der Waals surface area contributed by atoms with Crippen molar-refractivity contribution in [3.63, 3.8) is 0 Å². The molecule has 22 heavy (non-hydrogen) atoms. The van der Waals surface area contributed by atoms with E-state index in [-0.39, 0.29) is 11.8 Å². The highest BCUT2D eigenvalue weighted by atomic mass is 16.2. The van der Waals surface area contributed by atoms with Crippen LogP contribution >= 0.6 is 0 Å². The molecule has 1 aliphatic rings. The first kappa shape index (κ1) is 14.6. The zero-order valence-corrected chi connectivity index (χ0v) is 13.1. The number of carbonyl (C=O) groups is 1. The minimum absolute atomic E-state index is 0.144. The van der Waals surface area contributed by atoms with Gasteiger partial charge in [0.05, 0.1) is 0 Å². The fraction of sp³-hybridized carbons (Fsp3) is 0.316. The van der Waals surface area contributed by atoms with Crippen molar-refractivity contribution >= 4 is 23.0 Å². The molecular weight excluding hydrogens is 272 g/mol. The molecule has 0 saturated heterocycles. The summed E-state index contributed by atoms with van der Waals surface area (Å²) in [5, 5.41) is 6.32. The first-order valence-corrected chi connectivity index (χ1v) is 7.90. The second-order valence-corrected chi connectivity index (χ2v) is 6.24. The third kappa shape index (κ3) is 3.67. The van der Waals surface area contributed by atoms with Gasteiger partial charge in [-0.15, -0.1) is 0 Å². The summed E-state index contributed by atoms with van der Waals surface area (Å²) < 4.78 is 0. The molecule has 3 rings (SSSR count). The highest BCUT2D eigenvalue weighted by molar-refractivity contribution is 5.94. The van der Waals surface area contributed by atoms with E-state index in [1.54, 1.807) is 0 Å². The summed E-state index contributed by atoms with van der Waals surface area (Å²) in [6.45, 7) is 4.38. The largest absolute Gasteiger partial charge is 0.356 e. The predicted molar refractivity (Wildman–Crippen MR) is 91.6 cm³/mol. The number of benzene rings is 2. The lowest BCUT2D eigenvalue weighted by Gasteiger charge is -2.10. The lowest BCUT2D eigenvalue weighted by atomic mass is 10.0. The summed E-state index contributed by atoms with van der Waals surface area (Å²) in [7, 11) is 0. The molecule has 3 heteroatoms. The van der Waals surface area contributed by atoms with Crippen molar-refractivity contribution in [2.75, 3.05) is 10.6 Å². The molecule has 0 bridgehead atoms. The molecule has 0 atom stereocenters. The molecule has 0 aliphatic heterocycles. The molecule has 2 aromatic carbocycles. The van der Waals surface area contributed by atoms with E-state index >= 15 is 0 Å². The van der Waals surface area contributed by atoms with Gasteiger partial charge < -0.3 is 10.6 Å². The summed E-state index contributed by atoms with van der Waals surface area (Å²) in [6, 6.07) is 16.3. The van der Waals surface area contributed by atoms with Crippen LogP contribution in [0.4, 0.5) is 17.1 Å². The SMILES string of the molecule is CC(C)c1ccc(Nc2ccc(NC(=O)C3CC3)cc2)cc1.